The van der Waals surface area contributed by atoms with Gasteiger partial charge in [0.2, 0.25) is 0 Å². The summed E-state index contributed by atoms with van der Waals surface area (Å²) >= 11 is 0. The minimum atomic E-state index is -1.45. The molecule has 1 rings (SSSR count). The van der Waals surface area contributed by atoms with Gasteiger partial charge in [-0.25, -0.2) is 0 Å². The van der Waals surface area contributed by atoms with Crippen molar-refractivity contribution >= 4 is 24.0 Å². The Morgan fingerprint density at radius 3 is 2.31 bits per heavy atom. The van der Waals surface area contributed by atoms with E-state index in [4.69, 9.17) is 10.0 Å². The van der Waals surface area contributed by atoms with E-state index in [1.807, 2.05) is 6.07 Å². The molecule has 70 valence electrons. The Morgan fingerprint density at radius 1 is 1.15 bits per heavy atom. The van der Waals surface area contributed by atoms with Gasteiger partial charge in [0, 0.05) is 30.9 Å². The minimum absolute atomic E-state index is 0.467. The Hall–Kier alpha value is -1.20. The molecule has 4 nitrogen and oxygen atoms in total. The zero-order valence-corrected chi connectivity index (χ0v) is 7.70. The summed E-state index contributed by atoms with van der Waals surface area (Å²) in [5.74, 6) is 0. The quantitative estimate of drug-likeness (QED) is 0.471. The molecule has 0 aromatic heterocycles. The van der Waals surface area contributed by atoms with Gasteiger partial charge in [0.1, 0.15) is 0 Å². The zero-order chi connectivity index (χ0) is 9.84. The highest BCUT2D eigenvalue weighted by Crippen LogP contribution is 2.10. The van der Waals surface area contributed by atoms with Crippen molar-refractivity contribution in [2.75, 3.05) is 24.7 Å². The van der Waals surface area contributed by atoms with Crippen molar-refractivity contribution in [2.45, 2.75) is 0 Å². The molecule has 0 amide bonds. The fourth-order valence-electron chi connectivity index (χ4n) is 1.16. The number of benzene rings is 1. The average molecular weight is 180 g/mol. The smallest absolute Gasteiger partial charge is 0.423 e. The molecule has 0 unspecified atom stereocenters. The van der Waals surface area contributed by atoms with Gasteiger partial charge in [-0.05, 0) is 18.2 Å². The van der Waals surface area contributed by atoms with Gasteiger partial charge in [-0.3, -0.25) is 0 Å². The maximum absolute atomic E-state index is 9.04. The lowest BCUT2D eigenvalue weighted by Crippen LogP contribution is -2.32. The van der Waals surface area contributed by atoms with Crippen molar-refractivity contribution in [1.82, 2.24) is 0 Å². The number of anilines is 2. The van der Waals surface area contributed by atoms with E-state index in [0.29, 0.717) is 11.2 Å². The largest absolute Gasteiger partial charge is 0.490 e. The van der Waals surface area contributed by atoms with E-state index in [1.54, 1.807) is 26.2 Å². The van der Waals surface area contributed by atoms with E-state index < -0.39 is 7.12 Å². The molecule has 0 atom stereocenters. The predicted molar refractivity (Wildman–Crippen MR) is 55.4 cm³/mol. The minimum Gasteiger partial charge on any atom is -0.423 e. The topological polar surface area (TPSA) is 64.5 Å². The summed E-state index contributed by atoms with van der Waals surface area (Å²) in [5.41, 5.74) is 2.03. The lowest BCUT2D eigenvalue weighted by Gasteiger charge is -2.10. The summed E-state index contributed by atoms with van der Waals surface area (Å²) in [7, 11) is 2.07. The van der Waals surface area contributed by atoms with Crippen LogP contribution >= 0.6 is 0 Å². The van der Waals surface area contributed by atoms with Crippen molar-refractivity contribution in [3.05, 3.63) is 18.2 Å². The van der Waals surface area contributed by atoms with E-state index in [2.05, 4.69) is 10.6 Å². The highest BCUT2D eigenvalue weighted by molar-refractivity contribution is 6.60. The van der Waals surface area contributed by atoms with Gasteiger partial charge in [0.05, 0.1) is 0 Å². The fraction of sp³-hybridized carbons (Fsp3) is 0.250. The van der Waals surface area contributed by atoms with Crippen LogP contribution in [-0.4, -0.2) is 31.3 Å². The number of nitrogens with one attached hydrogen (secondary N) is 2. The predicted octanol–water partition coefficient (Wildman–Crippen LogP) is -0.550. The van der Waals surface area contributed by atoms with E-state index in [1.165, 1.54) is 0 Å². The molecule has 4 N–H and O–H groups in total. The van der Waals surface area contributed by atoms with Crippen LogP contribution in [0.3, 0.4) is 0 Å². The van der Waals surface area contributed by atoms with Gasteiger partial charge in [-0.2, -0.15) is 0 Å². The molecule has 1 aromatic rings. The van der Waals surface area contributed by atoms with Crippen molar-refractivity contribution in [2.24, 2.45) is 0 Å². The van der Waals surface area contributed by atoms with Crippen LogP contribution in [0.25, 0.3) is 0 Å². The zero-order valence-electron chi connectivity index (χ0n) is 7.70. The Kier molecular flexibility index (Phi) is 3.16. The number of hydrogen-bond acceptors (Lipinski definition) is 4. The summed E-state index contributed by atoms with van der Waals surface area (Å²) in [5, 5.41) is 23.9. The molecule has 0 spiro atoms. The first-order valence-electron chi connectivity index (χ1n) is 4.04. The standard InChI is InChI=1S/C8H13BN2O2/c1-10-6-3-4-8(11-2)7(5-6)9(12)13/h3-5,10-13H,1-2H3. The van der Waals surface area contributed by atoms with Crippen LogP contribution in [0.15, 0.2) is 18.2 Å². The van der Waals surface area contributed by atoms with Gasteiger partial charge >= 0.3 is 7.12 Å². The molecule has 0 fully saturated rings. The molecule has 5 heteroatoms. The molecular weight excluding hydrogens is 167 g/mol. The average Bonchev–Trinajstić information content (AvgIpc) is 2.16. The molecule has 0 aliphatic heterocycles. The summed E-state index contributed by atoms with van der Waals surface area (Å²) in [4.78, 5) is 0. The van der Waals surface area contributed by atoms with E-state index in [0.717, 1.165) is 5.69 Å². The van der Waals surface area contributed by atoms with E-state index in [9.17, 15) is 0 Å². The maximum atomic E-state index is 9.04. The van der Waals surface area contributed by atoms with E-state index >= 15 is 0 Å². The summed E-state index contributed by atoms with van der Waals surface area (Å²) < 4.78 is 0. The van der Waals surface area contributed by atoms with Crippen LogP contribution < -0.4 is 16.1 Å². The first kappa shape index (κ1) is 9.89. The van der Waals surface area contributed by atoms with Gasteiger partial charge in [-0.1, -0.05) is 0 Å². The molecule has 0 aliphatic carbocycles. The third-order valence-electron chi connectivity index (χ3n) is 1.89. The van der Waals surface area contributed by atoms with Crippen LogP contribution in [0.1, 0.15) is 0 Å². The molecule has 0 radical (unpaired) electrons. The van der Waals surface area contributed by atoms with Crippen LogP contribution in [0.2, 0.25) is 0 Å². The second-order valence-corrected chi connectivity index (χ2v) is 2.68. The number of rotatable bonds is 3. The lowest BCUT2D eigenvalue weighted by molar-refractivity contribution is 0.426. The number of hydrogen-bond donors (Lipinski definition) is 4. The second kappa shape index (κ2) is 4.16. The highest BCUT2D eigenvalue weighted by Gasteiger charge is 2.15. The van der Waals surface area contributed by atoms with Crippen molar-refractivity contribution < 1.29 is 10.0 Å². The second-order valence-electron chi connectivity index (χ2n) is 2.68. The normalized spacial score (nSPS) is 9.54. The van der Waals surface area contributed by atoms with Crippen molar-refractivity contribution in [3.8, 4) is 0 Å². The summed E-state index contributed by atoms with van der Waals surface area (Å²) in [6.07, 6.45) is 0. The first-order chi connectivity index (χ1) is 6.19. The van der Waals surface area contributed by atoms with Crippen LogP contribution in [-0.2, 0) is 0 Å². The Labute approximate surface area is 77.7 Å². The fourth-order valence-corrected chi connectivity index (χ4v) is 1.16. The SMILES string of the molecule is CNc1ccc(NC)c(B(O)O)c1. The highest BCUT2D eigenvalue weighted by atomic mass is 16.4. The van der Waals surface area contributed by atoms with Crippen LogP contribution in [0.5, 0.6) is 0 Å². The molecular formula is C8H13BN2O2. The lowest BCUT2D eigenvalue weighted by atomic mass is 9.78. The molecule has 0 saturated heterocycles. The van der Waals surface area contributed by atoms with Gasteiger partial charge in [0.15, 0.2) is 0 Å². The van der Waals surface area contributed by atoms with Crippen LogP contribution in [0, 0.1) is 0 Å². The first-order valence-corrected chi connectivity index (χ1v) is 4.04. The summed E-state index contributed by atoms with van der Waals surface area (Å²) in [6.45, 7) is 0. The van der Waals surface area contributed by atoms with Crippen molar-refractivity contribution in [3.63, 3.8) is 0 Å². The van der Waals surface area contributed by atoms with Gasteiger partial charge in [0.25, 0.3) is 0 Å². The monoisotopic (exact) mass is 180 g/mol. The Balaban J connectivity index is 3.10. The van der Waals surface area contributed by atoms with Gasteiger partial charge in [-0.15, -0.1) is 0 Å². The third-order valence-corrected chi connectivity index (χ3v) is 1.89. The Bertz CT molecular complexity index is 291. The molecule has 0 aliphatic rings. The van der Waals surface area contributed by atoms with E-state index in [-0.39, 0.29) is 0 Å². The van der Waals surface area contributed by atoms with Crippen molar-refractivity contribution in [1.29, 1.82) is 0 Å². The third kappa shape index (κ3) is 2.14. The molecule has 13 heavy (non-hydrogen) atoms. The molecule has 0 saturated carbocycles. The maximum Gasteiger partial charge on any atom is 0.490 e. The Morgan fingerprint density at radius 2 is 1.85 bits per heavy atom. The molecule has 0 bridgehead atoms. The summed E-state index contributed by atoms with van der Waals surface area (Å²) in [6, 6.07) is 5.34. The van der Waals surface area contributed by atoms with Gasteiger partial charge < -0.3 is 20.7 Å². The van der Waals surface area contributed by atoms with Crippen LogP contribution in [0.4, 0.5) is 11.4 Å². The molecule has 0 heterocycles. The molecule has 1 aromatic carbocycles.